The Kier molecular flexibility index (Phi) is 5.67. The summed E-state index contributed by atoms with van der Waals surface area (Å²) in [5, 5.41) is 13.1. The molecule has 4 heteroatoms. The zero-order valence-corrected chi connectivity index (χ0v) is 13.9. The van der Waals surface area contributed by atoms with Crippen LogP contribution in [0.3, 0.4) is 0 Å². The monoisotopic (exact) mass is 296 g/mol. The van der Waals surface area contributed by atoms with Crippen LogP contribution < -0.4 is 5.32 Å². The highest BCUT2D eigenvalue weighted by Crippen LogP contribution is 2.34. The van der Waals surface area contributed by atoms with Gasteiger partial charge in [-0.3, -0.25) is 4.79 Å². The largest absolute Gasteiger partial charge is 0.480 e. The highest BCUT2D eigenvalue weighted by atomic mass is 16.4. The first-order chi connectivity index (χ1) is 9.98. The molecule has 0 bridgehead atoms. The van der Waals surface area contributed by atoms with E-state index in [1.165, 1.54) is 6.42 Å². The number of hydrogen-bond donors (Lipinski definition) is 2. The lowest BCUT2D eigenvalue weighted by molar-refractivity contribution is -0.147. The van der Waals surface area contributed by atoms with Gasteiger partial charge in [-0.05, 0) is 63.5 Å². The maximum atomic E-state index is 11.8. The fraction of sp³-hybridized carbons (Fsp3) is 0.941. The average Bonchev–Trinajstić information content (AvgIpc) is 2.48. The molecule has 0 spiro atoms. The number of likely N-dealkylation sites (tertiary alicyclic amines) is 1. The summed E-state index contributed by atoms with van der Waals surface area (Å²) >= 11 is 0. The van der Waals surface area contributed by atoms with Gasteiger partial charge in [-0.1, -0.05) is 20.8 Å². The average molecular weight is 296 g/mol. The first-order valence-electron chi connectivity index (χ1n) is 8.71. The summed E-state index contributed by atoms with van der Waals surface area (Å²) in [7, 11) is 0. The van der Waals surface area contributed by atoms with Gasteiger partial charge in [0.1, 0.15) is 5.54 Å². The molecule has 0 aromatic carbocycles. The van der Waals surface area contributed by atoms with E-state index in [-0.39, 0.29) is 0 Å². The minimum atomic E-state index is -0.689. The number of piperidine rings is 1. The summed E-state index contributed by atoms with van der Waals surface area (Å²) in [6.45, 7) is 9.84. The van der Waals surface area contributed by atoms with E-state index in [0.29, 0.717) is 6.04 Å². The van der Waals surface area contributed by atoms with E-state index in [0.717, 1.165) is 63.6 Å². The summed E-state index contributed by atoms with van der Waals surface area (Å²) < 4.78 is 0. The van der Waals surface area contributed by atoms with Crippen molar-refractivity contribution < 1.29 is 9.90 Å². The SMILES string of the molecule is CCCNC1(C(=O)O)CCCC(N2CCC(C)C(C)C2)C1. The van der Waals surface area contributed by atoms with Crippen molar-refractivity contribution >= 4 is 5.97 Å². The van der Waals surface area contributed by atoms with Crippen LogP contribution in [0.2, 0.25) is 0 Å². The number of carboxylic acids is 1. The summed E-state index contributed by atoms with van der Waals surface area (Å²) in [5.41, 5.74) is -0.689. The maximum absolute atomic E-state index is 11.8. The molecule has 1 saturated carbocycles. The number of rotatable bonds is 5. The molecular weight excluding hydrogens is 264 g/mol. The normalized spacial score (nSPS) is 38.3. The van der Waals surface area contributed by atoms with Crippen molar-refractivity contribution in [3.05, 3.63) is 0 Å². The van der Waals surface area contributed by atoms with Crippen LogP contribution in [0.25, 0.3) is 0 Å². The van der Waals surface area contributed by atoms with Gasteiger partial charge >= 0.3 is 5.97 Å². The smallest absolute Gasteiger partial charge is 0.323 e. The Morgan fingerprint density at radius 3 is 2.71 bits per heavy atom. The number of nitrogens with zero attached hydrogens (tertiary/aromatic N) is 1. The molecule has 2 rings (SSSR count). The van der Waals surface area contributed by atoms with Gasteiger partial charge in [0.2, 0.25) is 0 Å². The first-order valence-corrected chi connectivity index (χ1v) is 8.71. The second kappa shape index (κ2) is 7.10. The highest BCUT2D eigenvalue weighted by Gasteiger charge is 2.44. The van der Waals surface area contributed by atoms with Crippen molar-refractivity contribution in [2.24, 2.45) is 11.8 Å². The molecule has 1 aliphatic carbocycles. The molecule has 0 radical (unpaired) electrons. The number of carboxylic acid groups (broad SMARTS) is 1. The van der Waals surface area contributed by atoms with Crippen LogP contribution in [0.1, 0.15) is 59.3 Å². The van der Waals surface area contributed by atoms with Crippen LogP contribution in [-0.2, 0) is 4.79 Å². The van der Waals surface area contributed by atoms with Crippen molar-refractivity contribution in [1.29, 1.82) is 0 Å². The molecule has 122 valence electrons. The number of hydrogen-bond acceptors (Lipinski definition) is 3. The van der Waals surface area contributed by atoms with Crippen molar-refractivity contribution in [2.75, 3.05) is 19.6 Å². The molecule has 0 aromatic rings. The Balaban J connectivity index is 2.03. The number of nitrogens with one attached hydrogen (secondary N) is 1. The third-order valence-electron chi connectivity index (χ3n) is 5.73. The van der Waals surface area contributed by atoms with Gasteiger partial charge in [0.05, 0.1) is 0 Å². The lowest BCUT2D eigenvalue weighted by Crippen LogP contribution is -2.59. The fourth-order valence-electron chi connectivity index (χ4n) is 3.98. The van der Waals surface area contributed by atoms with Gasteiger partial charge < -0.3 is 15.3 Å². The van der Waals surface area contributed by atoms with E-state index in [2.05, 4.69) is 31.0 Å². The van der Waals surface area contributed by atoms with Gasteiger partial charge in [0.15, 0.2) is 0 Å². The standard InChI is InChI=1S/C17H32N2O2/c1-4-9-18-17(16(20)21)8-5-6-15(11-17)19-10-7-13(2)14(3)12-19/h13-15,18H,4-12H2,1-3H3,(H,20,21). The number of aliphatic carboxylic acids is 1. The van der Waals surface area contributed by atoms with Crippen molar-refractivity contribution in [2.45, 2.75) is 70.9 Å². The molecule has 2 fully saturated rings. The summed E-state index contributed by atoms with van der Waals surface area (Å²) in [6.07, 6.45) is 5.96. The number of carbonyl (C=O) groups is 1. The molecule has 2 N–H and O–H groups in total. The molecule has 1 aliphatic heterocycles. The summed E-state index contributed by atoms with van der Waals surface area (Å²) in [6, 6.07) is 0.439. The Morgan fingerprint density at radius 2 is 2.10 bits per heavy atom. The predicted molar refractivity (Wildman–Crippen MR) is 85.4 cm³/mol. The lowest BCUT2D eigenvalue weighted by Gasteiger charge is -2.46. The van der Waals surface area contributed by atoms with E-state index in [9.17, 15) is 9.90 Å². The zero-order valence-electron chi connectivity index (χ0n) is 13.9. The topological polar surface area (TPSA) is 52.6 Å². The van der Waals surface area contributed by atoms with Gasteiger partial charge in [0.25, 0.3) is 0 Å². The molecule has 0 amide bonds. The van der Waals surface area contributed by atoms with Gasteiger partial charge in [-0.25, -0.2) is 0 Å². The van der Waals surface area contributed by atoms with Crippen LogP contribution in [-0.4, -0.2) is 47.2 Å². The summed E-state index contributed by atoms with van der Waals surface area (Å²) in [5.74, 6) is 0.870. The van der Waals surface area contributed by atoms with E-state index in [1.54, 1.807) is 0 Å². The van der Waals surface area contributed by atoms with E-state index < -0.39 is 11.5 Å². The van der Waals surface area contributed by atoms with Crippen molar-refractivity contribution in [1.82, 2.24) is 10.2 Å². The predicted octanol–water partition coefficient (Wildman–Crippen LogP) is 2.73. The highest BCUT2D eigenvalue weighted by molar-refractivity contribution is 5.79. The van der Waals surface area contributed by atoms with Gasteiger partial charge in [-0.2, -0.15) is 0 Å². The van der Waals surface area contributed by atoms with Gasteiger partial charge in [-0.15, -0.1) is 0 Å². The minimum Gasteiger partial charge on any atom is -0.480 e. The van der Waals surface area contributed by atoms with Crippen molar-refractivity contribution in [3.63, 3.8) is 0 Å². The third-order valence-corrected chi connectivity index (χ3v) is 5.73. The summed E-state index contributed by atoms with van der Waals surface area (Å²) in [4.78, 5) is 14.4. The second-order valence-electron chi connectivity index (χ2n) is 7.30. The van der Waals surface area contributed by atoms with Gasteiger partial charge in [0, 0.05) is 12.6 Å². The Bertz CT molecular complexity index is 361. The molecule has 2 aliphatic rings. The van der Waals surface area contributed by atoms with Crippen LogP contribution in [0, 0.1) is 11.8 Å². The van der Waals surface area contributed by atoms with Crippen LogP contribution in [0.4, 0.5) is 0 Å². The van der Waals surface area contributed by atoms with Crippen LogP contribution in [0.5, 0.6) is 0 Å². The fourth-order valence-corrected chi connectivity index (χ4v) is 3.98. The van der Waals surface area contributed by atoms with Crippen LogP contribution in [0.15, 0.2) is 0 Å². The Hall–Kier alpha value is -0.610. The minimum absolute atomic E-state index is 0.439. The van der Waals surface area contributed by atoms with Crippen LogP contribution >= 0.6 is 0 Å². The Morgan fingerprint density at radius 1 is 1.33 bits per heavy atom. The third kappa shape index (κ3) is 3.78. The molecule has 21 heavy (non-hydrogen) atoms. The quantitative estimate of drug-likeness (QED) is 0.819. The zero-order chi connectivity index (χ0) is 15.5. The molecule has 1 heterocycles. The van der Waals surface area contributed by atoms with E-state index >= 15 is 0 Å². The molecule has 1 saturated heterocycles. The van der Waals surface area contributed by atoms with E-state index in [1.807, 2.05) is 0 Å². The first kappa shape index (κ1) is 16.8. The molecule has 4 nitrogen and oxygen atoms in total. The Labute approximate surface area is 129 Å². The maximum Gasteiger partial charge on any atom is 0.323 e. The molecular formula is C17H32N2O2. The van der Waals surface area contributed by atoms with Crippen molar-refractivity contribution in [3.8, 4) is 0 Å². The lowest BCUT2D eigenvalue weighted by atomic mass is 9.77. The van der Waals surface area contributed by atoms with E-state index in [4.69, 9.17) is 0 Å². The second-order valence-corrected chi connectivity index (χ2v) is 7.30. The molecule has 4 unspecified atom stereocenters. The molecule has 4 atom stereocenters. The molecule has 0 aromatic heterocycles.